The summed E-state index contributed by atoms with van der Waals surface area (Å²) in [6.45, 7) is 5.95. The first-order valence-corrected chi connectivity index (χ1v) is 12.4. The number of pyridine rings is 4. The molecule has 9 heteroatoms. The molecule has 0 amide bonds. The summed E-state index contributed by atoms with van der Waals surface area (Å²) in [5.41, 5.74) is 6.74. The van der Waals surface area contributed by atoms with Gasteiger partial charge in [-0.1, -0.05) is 13.8 Å². The molecule has 0 bridgehead atoms. The van der Waals surface area contributed by atoms with Gasteiger partial charge in [0.2, 0.25) is 0 Å². The van der Waals surface area contributed by atoms with Crippen LogP contribution in [-0.4, -0.2) is 19.9 Å². The van der Waals surface area contributed by atoms with Gasteiger partial charge in [0, 0.05) is 34.8 Å². The van der Waals surface area contributed by atoms with Gasteiger partial charge in [-0.3, -0.25) is 15.0 Å². The molecule has 5 aromatic rings. The number of aromatic nitrogens is 4. The van der Waals surface area contributed by atoms with Gasteiger partial charge in [-0.15, -0.1) is 0 Å². The summed E-state index contributed by atoms with van der Waals surface area (Å²) in [4.78, 5) is 18.0. The number of rotatable bonds is 5. The van der Waals surface area contributed by atoms with Crippen LogP contribution in [0.15, 0.2) is 79.3 Å². The first-order chi connectivity index (χ1) is 18.6. The lowest BCUT2D eigenvalue weighted by Gasteiger charge is -2.13. The Morgan fingerprint density at radius 3 is 2.50 bits per heavy atom. The molecule has 0 saturated carbocycles. The molecular formula is C29H27N9. The van der Waals surface area contributed by atoms with Crippen LogP contribution in [0, 0.1) is 18.3 Å². The summed E-state index contributed by atoms with van der Waals surface area (Å²) in [7, 11) is 0. The van der Waals surface area contributed by atoms with Crippen LogP contribution >= 0.6 is 0 Å². The van der Waals surface area contributed by atoms with Crippen molar-refractivity contribution in [2.75, 3.05) is 21.3 Å². The Labute approximate surface area is 221 Å². The van der Waals surface area contributed by atoms with Gasteiger partial charge in [-0.25, -0.2) is 4.98 Å². The van der Waals surface area contributed by atoms with E-state index in [0.29, 0.717) is 5.56 Å². The normalized spacial score (nSPS) is 13.3. The number of anilines is 6. The van der Waals surface area contributed by atoms with Crippen LogP contribution in [-0.2, 0) is 0 Å². The summed E-state index contributed by atoms with van der Waals surface area (Å²) >= 11 is 0. The number of aryl methyl sites for hydroxylation is 1. The number of hydrogen-bond donors (Lipinski definition) is 4. The van der Waals surface area contributed by atoms with Crippen molar-refractivity contribution in [1.82, 2.24) is 19.9 Å². The Morgan fingerprint density at radius 1 is 0.842 bits per heavy atom. The Hall–Kier alpha value is -5.23. The first kappa shape index (κ1) is 24.5. The van der Waals surface area contributed by atoms with Crippen molar-refractivity contribution in [3.63, 3.8) is 0 Å². The third kappa shape index (κ3) is 5.15. The van der Waals surface area contributed by atoms with Gasteiger partial charge in [0.25, 0.3) is 0 Å². The maximum Gasteiger partial charge on any atom is 0.153 e. The number of benzene rings is 1. The molecule has 1 aliphatic rings. The second-order valence-electron chi connectivity index (χ2n) is 8.42. The standard InChI is InChI=1S/C27H21N9.C2H6/c1-16-12-18(8-10-29-16)33-25-7-6-24-27(35-25)36-26(34-24)23-5-3-19(15-31-23)32-22-9-11-30-21-4-2-17(14-28)13-20(21)22;1-2/h2-13,15,26,34H,1H3,(H,30,32)(H2,29,33,35,36);1-2H3. The van der Waals surface area contributed by atoms with Crippen molar-refractivity contribution in [2.24, 2.45) is 0 Å². The topological polar surface area (TPSA) is 123 Å². The van der Waals surface area contributed by atoms with E-state index in [1.807, 2.05) is 75.4 Å². The summed E-state index contributed by atoms with van der Waals surface area (Å²) in [6.07, 6.45) is 5.11. The van der Waals surface area contributed by atoms with Gasteiger partial charge in [-0.2, -0.15) is 5.26 Å². The monoisotopic (exact) mass is 501 g/mol. The minimum Gasteiger partial charge on any atom is -0.357 e. The molecule has 0 aliphatic carbocycles. The minimum absolute atomic E-state index is 0.195. The molecule has 9 nitrogen and oxygen atoms in total. The van der Waals surface area contributed by atoms with E-state index >= 15 is 0 Å². The van der Waals surface area contributed by atoms with Gasteiger partial charge >= 0.3 is 0 Å². The van der Waals surface area contributed by atoms with Crippen molar-refractivity contribution in [3.05, 3.63) is 96.2 Å². The number of fused-ring (bicyclic) bond motifs is 2. The number of hydrogen-bond acceptors (Lipinski definition) is 9. The van der Waals surface area contributed by atoms with Gasteiger partial charge in [0.05, 0.1) is 40.4 Å². The fourth-order valence-corrected chi connectivity index (χ4v) is 4.13. The number of nitrogens with one attached hydrogen (secondary N) is 4. The van der Waals surface area contributed by atoms with Crippen LogP contribution < -0.4 is 21.3 Å². The number of nitrogens with zero attached hydrogens (tertiary/aromatic N) is 5. The van der Waals surface area contributed by atoms with Crippen molar-refractivity contribution >= 4 is 45.3 Å². The molecule has 6 rings (SSSR count). The van der Waals surface area contributed by atoms with E-state index in [9.17, 15) is 5.26 Å². The van der Waals surface area contributed by atoms with Gasteiger partial charge in [0.1, 0.15) is 12.0 Å². The second kappa shape index (κ2) is 10.8. The Kier molecular flexibility index (Phi) is 6.95. The highest BCUT2D eigenvalue weighted by Gasteiger charge is 2.23. The third-order valence-corrected chi connectivity index (χ3v) is 5.88. The van der Waals surface area contributed by atoms with E-state index < -0.39 is 0 Å². The van der Waals surface area contributed by atoms with Crippen molar-refractivity contribution in [2.45, 2.75) is 26.9 Å². The molecule has 188 valence electrons. The molecular weight excluding hydrogens is 474 g/mol. The van der Waals surface area contributed by atoms with E-state index in [2.05, 4.69) is 42.3 Å². The molecule has 0 radical (unpaired) electrons. The van der Waals surface area contributed by atoms with Crippen LogP contribution in [0.4, 0.5) is 34.4 Å². The molecule has 5 heterocycles. The zero-order chi connectivity index (χ0) is 26.5. The van der Waals surface area contributed by atoms with Crippen LogP contribution in [0.2, 0.25) is 0 Å². The zero-order valence-corrected chi connectivity index (χ0v) is 21.3. The van der Waals surface area contributed by atoms with Crippen LogP contribution in [0.3, 0.4) is 0 Å². The SMILES string of the molecule is CC.Cc1cc(Nc2ccc3c(n2)NC(c2ccc(Nc4ccnc5ccc(C#N)cc45)cn2)N3)ccn1. The summed E-state index contributed by atoms with van der Waals surface area (Å²) < 4.78 is 0. The predicted molar refractivity (Wildman–Crippen MR) is 152 cm³/mol. The molecule has 1 aromatic carbocycles. The quantitative estimate of drug-likeness (QED) is 0.209. The Morgan fingerprint density at radius 2 is 1.71 bits per heavy atom. The molecule has 4 aromatic heterocycles. The maximum atomic E-state index is 9.25. The van der Waals surface area contributed by atoms with Gasteiger partial charge in [0.15, 0.2) is 5.82 Å². The Bertz CT molecular complexity index is 1620. The summed E-state index contributed by atoms with van der Waals surface area (Å²) in [5, 5.41) is 23.7. The molecule has 4 N–H and O–H groups in total. The first-order valence-electron chi connectivity index (χ1n) is 12.4. The van der Waals surface area contributed by atoms with Crippen molar-refractivity contribution < 1.29 is 0 Å². The van der Waals surface area contributed by atoms with Crippen LogP contribution in [0.1, 0.15) is 37.0 Å². The lowest BCUT2D eigenvalue weighted by Crippen LogP contribution is -2.14. The molecule has 0 spiro atoms. The predicted octanol–water partition coefficient (Wildman–Crippen LogP) is 6.65. The van der Waals surface area contributed by atoms with Crippen LogP contribution in [0.25, 0.3) is 10.9 Å². The van der Waals surface area contributed by atoms with Gasteiger partial charge < -0.3 is 21.3 Å². The van der Waals surface area contributed by atoms with E-state index in [1.165, 1.54) is 0 Å². The summed E-state index contributed by atoms with van der Waals surface area (Å²) in [5.74, 6) is 1.50. The average Bonchev–Trinajstić information content (AvgIpc) is 3.38. The highest BCUT2D eigenvalue weighted by Crippen LogP contribution is 2.35. The van der Waals surface area contributed by atoms with Gasteiger partial charge in [-0.05, 0) is 67.6 Å². The molecule has 1 atom stereocenters. The maximum absolute atomic E-state index is 9.25. The molecule has 38 heavy (non-hydrogen) atoms. The van der Waals surface area contributed by atoms with Crippen molar-refractivity contribution in [1.29, 1.82) is 5.26 Å². The number of nitriles is 1. The van der Waals surface area contributed by atoms with E-state index in [0.717, 1.165) is 56.7 Å². The fraction of sp³-hybridized carbons (Fsp3) is 0.138. The lowest BCUT2D eigenvalue weighted by molar-refractivity contribution is 0.883. The second-order valence-corrected chi connectivity index (χ2v) is 8.42. The third-order valence-electron chi connectivity index (χ3n) is 5.88. The Balaban J connectivity index is 0.00000144. The highest BCUT2D eigenvalue weighted by atomic mass is 15.3. The molecule has 1 unspecified atom stereocenters. The fourth-order valence-electron chi connectivity index (χ4n) is 4.13. The van der Waals surface area contributed by atoms with E-state index in [1.54, 1.807) is 24.7 Å². The lowest BCUT2D eigenvalue weighted by atomic mass is 10.1. The summed E-state index contributed by atoms with van der Waals surface area (Å²) in [6, 6.07) is 21.3. The minimum atomic E-state index is -0.195. The molecule has 0 saturated heterocycles. The van der Waals surface area contributed by atoms with Crippen LogP contribution in [0.5, 0.6) is 0 Å². The largest absolute Gasteiger partial charge is 0.357 e. The molecule has 0 fully saturated rings. The van der Waals surface area contributed by atoms with E-state index in [-0.39, 0.29) is 6.17 Å². The highest BCUT2D eigenvalue weighted by molar-refractivity contribution is 5.93. The molecule has 1 aliphatic heterocycles. The zero-order valence-electron chi connectivity index (χ0n) is 21.3. The smallest absolute Gasteiger partial charge is 0.153 e. The van der Waals surface area contributed by atoms with E-state index in [4.69, 9.17) is 4.98 Å². The van der Waals surface area contributed by atoms with Crippen molar-refractivity contribution in [3.8, 4) is 6.07 Å². The average molecular weight is 502 g/mol.